The summed E-state index contributed by atoms with van der Waals surface area (Å²) in [4.78, 5) is 0. The SMILES string of the molecule is Fc1ccc(C(Cl)Cc2ccc(Br)cc2)cc1. The number of rotatable bonds is 3. The highest BCUT2D eigenvalue weighted by Gasteiger charge is 2.08. The van der Waals surface area contributed by atoms with Crippen LogP contribution in [-0.2, 0) is 6.42 Å². The summed E-state index contributed by atoms with van der Waals surface area (Å²) in [6, 6.07) is 14.4. The van der Waals surface area contributed by atoms with Crippen molar-refractivity contribution in [2.75, 3.05) is 0 Å². The van der Waals surface area contributed by atoms with Crippen LogP contribution in [0.3, 0.4) is 0 Å². The van der Waals surface area contributed by atoms with Crippen molar-refractivity contribution >= 4 is 27.5 Å². The Hall–Kier alpha value is -0.860. The number of hydrogen-bond acceptors (Lipinski definition) is 0. The molecule has 0 heterocycles. The Bertz CT molecular complexity index is 479. The Labute approximate surface area is 114 Å². The fraction of sp³-hybridized carbons (Fsp3) is 0.143. The van der Waals surface area contributed by atoms with E-state index in [1.54, 1.807) is 12.1 Å². The Balaban J connectivity index is 2.08. The molecule has 0 nitrogen and oxygen atoms in total. The van der Waals surface area contributed by atoms with Crippen LogP contribution in [0.4, 0.5) is 4.39 Å². The summed E-state index contributed by atoms with van der Waals surface area (Å²) in [5, 5.41) is -0.128. The molecule has 0 aliphatic heterocycles. The van der Waals surface area contributed by atoms with Gasteiger partial charge in [-0.1, -0.05) is 40.2 Å². The van der Waals surface area contributed by atoms with Gasteiger partial charge in [-0.15, -0.1) is 11.6 Å². The fourth-order valence-corrected chi connectivity index (χ4v) is 2.20. The highest BCUT2D eigenvalue weighted by atomic mass is 79.9. The smallest absolute Gasteiger partial charge is 0.123 e. The molecule has 1 atom stereocenters. The van der Waals surface area contributed by atoms with Crippen LogP contribution >= 0.6 is 27.5 Å². The summed E-state index contributed by atoms with van der Waals surface area (Å²) >= 11 is 9.69. The van der Waals surface area contributed by atoms with Gasteiger partial charge in [-0.05, 0) is 41.8 Å². The van der Waals surface area contributed by atoms with Crippen molar-refractivity contribution in [3.63, 3.8) is 0 Å². The molecule has 0 N–H and O–H groups in total. The molecule has 0 aliphatic carbocycles. The van der Waals surface area contributed by atoms with Gasteiger partial charge in [0.1, 0.15) is 5.82 Å². The molecular formula is C14H11BrClF. The second kappa shape index (κ2) is 5.65. The van der Waals surface area contributed by atoms with Crippen molar-refractivity contribution in [1.29, 1.82) is 0 Å². The maximum Gasteiger partial charge on any atom is 0.123 e. The van der Waals surface area contributed by atoms with Gasteiger partial charge in [0.25, 0.3) is 0 Å². The molecule has 1 unspecified atom stereocenters. The third-order valence-electron chi connectivity index (χ3n) is 2.56. The molecule has 0 bridgehead atoms. The van der Waals surface area contributed by atoms with Crippen molar-refractivity contribution < 1.29 is 4.39 Å². The van der Waals surface area contributed by atoms with Gasteiger partial charge < -0.3 is 0 Å². The van der Waals surface area contributed by atoms with Crippen molar-refractivity contribution in [3.05, 3.63) is 69.9 Å². The van der Waals surface area contributed by atoms with E-state index in [4.69, 9.17) is 11.6 Å². The highest BCUT2D eigenvalue weighted by molar-refractivity contribution is 9.10. The Morgan fingerprint density at radius 3 is 2.18 bits per heavy atom. The van der Waals surface area contributed by atoms with Gasteiger partial charge in [-0.25, -0.2) is 4.39 Å². The van der Waals surface area contributed by atoms with Crippen LogP contribution < -0.4 is 0 Å². The zero-order valence-electron chi connectivity index (χ0n) is 9.04. The molecule has 0 saturated carbocycles. The zero-order valence-corrected chi connectivity index (χ0v) is 11.4. The number of hydrogen-bond donors (Lipinski definition) is 0. The monoisotopic (exact) mass is 312 g/mol. The lowest BCUT2D eigenvalue weighted by Gasteiger charge is -2.10. The molecular weight excluding hydrogens is 303 g/mol. The fourth-order valence-electron chi connectivity index (χ4n) is 1.62. The maximum atomic E-state index is 12.8. The minimum Gasteiger partial charge on any atom is -0.207 e. The number of halogens is 3. The first-order valence-corrected chi connectivity index (χ1v) is 6.52. The molecule has 88 valence electrons. The first kappa shape index (κ1) is 12.6. The van der Waals surface area contributed by atoms with Crippen LogP contribution in [0, 0.1) is 5.82 Å². The van der Waals surface area contributed by atoms with Crippen LogP contribution in [0.5, 0.6) is 0 Å². The predicted octanol–water partition coefficient (Wildman–Crippen LogP) is 5.11. The van der Waals surface area contributed by atoms with E-state index >= 15 is 0 Å². The highest BCUT2D eigenvalue weighted by Crippen LogP contribution is 2.25. The van der Waals surface area contributed by atoms with Gasteiger partial charge in [-0.2, -0.15) is 0 Å². The van der Waals surface area contributed by atoms with Gasteiger partial charge in [0.15, 0.2) is 0 Å². The Kier molecular flexibility index (Phi) is 4.19. The normalized spacial score (nSPS) is 12.4. The lowest BCUT2D eigenvalue weighted by molar-refractivity contribution is 0.626. The number of benzene rings is 2. The predicted molar refractivity (Wildman–Crippen MR) is 72.8 cm³/mol. The molecule has 3 heteroatoms. The van der Waals surface area contributed by atoms with E-state index in [1.807, 2.05) is 24.3 Å². The van der Waals surface area contributed by atoms with Crippen molar-refractivity contribution in [2.45, 2.75) is 11.8 Å². The van der Waals surface area contributed by atoms with Crippen molar-refractivity contribution in [2.24, 2.45) is 0 Å². The van der Waals surface area contributed by atoms with Crippen LogP contribution in [-0.4, -0.2) is 0 Å². The standard InChI is InChI=1S/C14H11BrClF/c15-12-5-1-10(2-6-12)9-14(16)11-3-7-13(17)8-4-11/h1-8,14H,9H2. The molecule has 0 fully saturated rings. The van der Waals surface area contributed by atoms with Crippen molar-refractivity contribution in [3.8, 4) is 0 Å². The van der Waals surface area contributed by atoms with Gasteiger partial charge >= 0.3 is 0 Å². The Morgan fingerprint density at radius 1 is 1.00 bits per heavy atom. The molecule has 2 rings (SSSR count). The van der Waals surface area contributed by atoms with E-state index < -0.39 is 0 Å². The van der Waals surface area contributed by atoms with E-state index in [0.29, 0.717) is 0 Å². The molecule has 0 aliphatic rings. The number of alkyl halides is 1. The summed E-state index contributed by atoms with van der Waals surface area (Å²) in [5.41, 5.74) is 2.11. The van der Waals surface area contributed by atoms with Gasteiger partial charge in [0, 0.05) is 4.47 Å². The lowest BCUT2D eigenvalue weighted by Crippen LogP contribution is -1.95. The molecule has 0 amide bonds. The summed E-state index contributed by atoms with van der Waals surface area (Å²) in [6.07, 6.45) is 0.737. The molecule has 0 spiro atoms. The van der Waals surface area contributed by atoms with Gasteiger partial charge in [0.2, 0.25) is 0 Å². The summed E-state index contributed by atoms with van der Waals surface area (Å²) < 4.78 is 13.8. The van der Waals surface area contributed by atoms with Crippen LogP contribution in [0.1, 0.15) is 16.5 Å². The molecule has 2 aromatic carbocycles. The minimum atomic E-state index is -0.235. The van der Waals surface area contributed by atoms with E-state index in [2.05, 4.69) is 15.9 Å². The molecule has 0 saturated heterocycles. The maximum absolute atomic E-state index is 12.8. The van der Waals surface area contributed by atoms with Gasteiger partial charge in [0.05, 0.1) is 5.38 Å². The minimum absolute atomic E-state index is 0.128. The third-order valence-corrected chi connectivity index (χ3v) is 3.49. The van der Waals surface area contributed by atoms with Crippen molar-refractivity contribution in [1.82, 2.24) is 0 Å². The zero-order chi connectivity index (χ0) is 12.3. The van der Waals surface area contributed by atoms with E-state index in [0.717, 1.165) is 22.0 Å². The van der Waals surface area contributed by atoms with Crippen LogP contribution in [0.15, 0.2) is 53.0 Å². The lowest BCUT2D eigenvalue weighted by atomic mass is 10.0. The van der Waals surface area contributed by atoms with Crippen LogP contribution in [0.25, 0.3) is 0 Å². The molecule has 0 radical (unpaired) electrons. The second-order valence-corrected chi connectivity index (χ2v) is 5.29. The topological polar surface area (TPSA) is 0 Å². The summed E-state index contributed by atoms with van der Waals surface area (Å²) in [6.45, 7) is 0. The molecule has 17 heavy (non-hydrogen) atoms. The largest absolute Gasteiger partial charge is 0.207 e. The Morgan fingerprint density at radius 2 is 1.59 bits per heavy atom. The first-order chi connectivity index (χ1) is 8.15. The summed E-state index contributed by atoms with van der Waals surface area (Å²) in [5.74, 6) is -0.235. The third kappa shape index (κ3) is 3.55. The average Bonchev–Trinajstić information content (AvgIpc) is 2.33. The second-order valence-electron chi connectivity index (χ2n) is 3.85. The summed E-state index contributed by atoms with van der Waals surface area (Å²) in [7, 11) is 0. The van der Waals surface area contributed by atoms with E-state index in [-0.39, 0.29) is 11.2 Å². The molecule has 2 aromatic rings. The molecule has 0 aromatic heterocycles. The van der Waals surface area contributed by atoms with E-state index in [9.17, 15) is 4.39 Å². The van der Waals surface area contributed by atoms with Crippen LogP contribution in [0.2, 0.25) is 0 Å². The quantitative estimate of drug-likeness (QED) is 0.691. The van der Waals surface area contributed by atoms with E-state index in [1.165, 1.54) is 12.1 Å². The van der Waals surface area contributed by atoms with Gasteiger partial charge in [-0.3, -0.25) is 0 Å². The first-order valence-electron chi connectivity index (χ1n) is 5.29. The average molecular weight is 314 g/mol.